The first kappa shape index (κ1) is 21.4. The highest BCUT2D eigenvalue weighted by Crippen LogP contribution is 2.44. The van der Waals surface area contributed by atoms with Gasteiger partial charge in [0.15, 0.2) is 0 Å². The third-order valence-corrected chi connectivity index (χ3v) is 5.68. The summed E-state index contributed by atoms with van der Waals surface area (Å²) in [6, 6.07) is 0. The largest absolute Gasteiger partial charge is 0.478 e. The van der Waals surface area contributed by atoms with Crippen LogP contribution >= 0.6 is 7.37 Å². The standard InChI is InChI=1S/C17H33O4P/c1-4-5-6-7-8-9-10-11-12-16(17(18)19)14-22(20,21)13-15(2)3/h12,15H,4-11,13-14H2,1-3H3,(H,18,19)(H,20,21)/b16-12-. The lowest BCUT2D eigenvalue weighted by Gasteiger charge is -2.14. The first-order valence-electron chi connectivity index (χ1n) is 8.51. The Hall–Kier alpha value is -0.600. The summed E-state index contributed by atoms with van der Waals surface area (Å²) in [6.07, 6.45) is 10.5. The van der Waals surface area contributed by atoms with Crippen LogP contribution < -0.4 is 0 Å². The molecule has 0 amide bonds. The first-order valence-corrected chi connectivity index (χ1v) is 10.5. The zero-order valence-electron chi connectivity index (χ0n) is 14.4. The molecule has 22 heavy (non-hydrogen) atoms. The van der Waals surface area contributed by atoms with E-state index in [4.69, 9.17) is 0 Å². The van der Waals surface area contributed by atoms with Crippen LogP contribution in [-0.4, -0.2) is 28.3 Å². The molecule has 0 bridgehead atoms. The molecular formula is C17H33O4P. The smallest absolute Gasteiger partial charge is 0.331 e. The van der Waals surface area contributed by atoms with E-state index < -0.39 is 13.3 Å². The molecule has 1 atom stereocenters. The second-order valence-corrected chi connectivity index (χ2v) is 8.90. The summed E-state index contributed by atoms with van der Waals surface area (Å²) in [5, 5.41) is 9.17. The molecule has 0 aliphatic heterocycles. The molecule has 0 aliphatic carbocycles. The lowest BCUT2D eigenvalue weighted by atomic mass is 10.1. The van der Waals surface area contributed by atoms with E-state index in [-0.39, 0.29) is 23.8 Å². The fourth-order valence-corrected chi connectivity index (χ4v) is 4.57. The number of allylic oxidation sites excluding steroid dienone is 1. The molecule has 0 radical (unpaired) electrons. The van der Waals surface area contributed by atoms with Crippen molar-refractivity contribution in [1.29, 1.82) is 0 Å². The molecule has 0 fully saturated rings. The van der Waals surface area contributed by atoms with Crippen molar-refractivity contribution in [1.82, 2.24) is 0 Å². The summed E-state index contributed by atoms with van der Waals surface area (Å²) in [5.41, 5.74) is 0.0949. The third-order valence-electron chi connectivity index (χ3n) is 3.54. The van der Waals surface area contributed by atoms with E-state index in [9.17, 15) is 19.4 Å². The summed E-state index contributed by atoms with van der Waals surface area (Å²) in [4.78, 5) is 21.1. The van der Waals surface area contributed by atoms with Crippen molar-refractivity contribution in [2.45, 2.75) is 72.1 Å². The zero-order chi connectivity index (χ0) is 17.0. The molecule has 0 aromatic heterocycles. The highest BCUT2D eigenvalue weighted by Gasteiger charge is 2.24. The topological polar surface area (TPSA) is 74.6 Å². The van der Waals surface area contributed by atoms with Gasteiger partial charge in [0.25, 0.3) is 0 Å². The predicted octanol–water partition coefficient (Wildman–Crippen LogP) is 5.06. The van der Waals surface area contributed by atoms with Gasteiger partial charge in [-0.2, -0.15) is 0 Å². The van der Waals surface area contributed by atoms with Gasteiger partial charge in [0.1, 0.15) is 0 Å². The number of hydrogen-bond acceptors (Lipinski definition) is 2. The Kier molecular flexibility index (Phi) is 11.6. The summed E-state index contributed by atoms with van der Waals surface area (Å²) >= 11 is 0. The Morgan fingerprint density at radius 2 is 1.64 bits per heavy atom. The van der Waals surface area contributed by atoms with E-state index in [1.54, 1.807) is 6.08 Å². The molecule has 0 rings (SSSR count). The Labute approximate surface area is 135 Å². The van der Waals surface area contributed by atoms with Crippen LogP contribution in [0.4, 0.5) is 0 Å². The molecule has 0 saturated carbocycles. The van der Waals surface area contributed by atoms with Crippen molar-refractivity contribution < 1.29 is 19.4 Å². The minimum absolute atomic E-state index is 0.0917. The van der Waals surface area contributed by atoms with Crippen molar-refractivity contribution in [3.63, 3.8) is 0 Å². The average Bonchev–Trinajstić information content (AvgIpc) is 2.38. The Balaban J connectivity index is 4.17. The van der Waals surface area contributed by atoms with E-state index in [0.29, 0.717) is 6.42 Å². The van der Waals surface area contributed by atoms with Gasteiger partial charge >= 0.3 is 5.97 Å². The zero-order valence-corrected chi connectivity index (χ0v) is 15.3. The maximum atomic E-state index is 12.0. The van der Waals surface area contributed by atoms with Crippen LogP contribution in [0, 0.1) is 5.92 Å². The average molecular weight is 332 g/mol. The van der Waals surface area contributed by atoms with Crippen LogP contribution in [-0.2, 0) is 9.36 Å². The maximum Gasteiger partial charge on any atom is 0.331 e. The number of rotatable bonds is 13. The Morgan fingerprint density at radius 1 is 1.09 bits per heavy atom. The maximum absolute atomic E-state index is 12.0. The molecular weight excluding hydrogens is 299 g/mol. The summed E-state index contributed by atoms with van der Waals surface area (Å²) < 4.78 is 12.0. The number of hydrogen-bond donors (Lipinski definition) is 2. The van der Waals surface area contributed by atoms with Gasteiger partial charge in [0, 0.05) is 11.7 Å². The first-order chi connectivity index (χ1) is 10.3. The summed E-state index contributed by atoms with van der Waals surface area (Å²) in [6.45, 7) is 5.93. The molecule has 1 unspecified atom stereocenters. The van der Waals surface area contributed by atoms with Gasteiger partial charge in [-0.3, -0.25) is 4.57 Å². The minimum atomic E-state index is -3.38. The molecule has 5 heteroatoms. The van der Waals surface area contributed by atoms with Crippen LogP contribution in [0.1, 0.15) is 72.1 Å². The van der Waals surface area contributed by atoms with Crippen LogP contribution in [0.2, 0.25) is 0 Å². The van der Waals surface area contributed by atoms with Gasteiger partial charge in [0.05, 0.1) is 6.16 Å². The number of aliphatic carboxylic acids is 1. The Morgan fingerprint density at radius 3 is 2.14 bits per heavy atom. The highest BCUT2D eigenvalue weighted by atomic mass is 31.2. The second kappa shape index (κ2) is 11.9. The number of carboxylic acid groups (broad SMARTS) is 1. The number of carbonyl (C=O) groups is 1. The molecule has 0 heterocycles. The van der Waals surface area contributed by atoms with Gasteiger partial charge in [-0.1, -0.05) is 65.4 Å². The predicted molar refractivity (Wildman–Crippen MR) is 92.7 cm³/mol. The fraction of sp³-hybridized carbons (Fsp3) is 0.824. The summed E-state index contributed by atoms with van der Waals surface area (Å²) in [5.74, 6) is -0.977. The van der Waals surface area contributed by atoms with E-state index in [0.717, 1.165) is 12.8 Å². The van der Waals surface area contributed by atoms with E-state index >= 15 is 0 Å². The van der Waals surface area contributed by atoms with Crippen molar-refractivity contribution in [3.05, 3.63) is 11.6 Å². The Bertz CT molecular complexity index is 388. The molecule has 0 aromatic rings. The molecule has 0 saturated heterocycles. The normalized spacial score (nSPS) is 15.0. The van der Waals surface area contributed by atoms with Crippen LogP contribution in [0.5, 0.6) is 0 Å². The molecule has 0 aliphatic rings. The van der Waals surface area contributed by atoms with E-state index in [1.807, 2.05) is 13.8 Å². The fourth-order valence-electron chi connectivity index (χ4n) is 2.50. The van der Waals surface area contributed by atoms with Crippen LogP contribution in [0.15, 0.2) is 11.6 Å². The van der Waals surface area contributed by atoms with Crippen LogP contribution in [0.25, 0.3) is 0 Å². The van der Waals surface area contributed by atoms with Gasteiger partial charge in [0.2, 0.25) is 7.37 Å². The monoisotopic (exact) mass is 332 g/mol. The van der Waals surface area contributed by atoms with Gasteiger partial charge in [-0.05, 0) is 18.8 Å². The number of unbranched alkanes of at least 4 members (excludes halogenated alkanes) is 7. The molecule has 2 N–H and O–H groups in total. The highest BCUT2D eigenvalue weighted by molar-refractivity contribution is 7.58. The second-order valence-electron chi connectivity index (χ2n) is 6.53. The van der Waals surface area contributed by atoms with Crippen LogP contribution in [0.3, 0.4) is 0 Å². The quantitative estimate of drug-likeness (QED) is 0.281. The molecule has 0 spiro atoms. The van der Waals surface area contributed by atoms with Crippen molar-refractivity contribution >= 4 is 13.3 Å². The van der Waals surface area contributed by atoms with Crippen molar-refractivity contribution in [3.8, 4) is 0 Å². The SMILES string of the molecule is CCCCCCCCC/C=C(/CP(=O)(O)CC(C)C)C(=O)O. The molecule has 130 valence electrons. The van der Waals surface area contributed by atoms with Crippen molar-refractivity contribution in [2.75, 3.05) is 12.3 Å². The van der Waals surface area contributed by atoms with Gasteiger partial charge in [-0.25, -0.2) is 4.79 Å². The lowest BCUT2D eigenvalue weighted by molar-refractivity contribution is -0.132. The van der Waals surface area contributed by atoms with E-state index in [1.165, 1.54) is 32.1 Å². The van der Waals surface area contributed by atoms with Gasteiger partial charge in [-0.15, -0.1) is 0 Å². The number of carboxylic acids is 1. The van der Waals surface area contributed by atoms with Gasteiger partial charge < -0.3 is 10.00 Å². The van der Waals surface area contributed by atoms with Crippen molar-refractivity contribution in [2.24, 2.45) is 5.92 Å². The third kappa shape index (κ3) is 12.0. The minimum Gasteiger partial charge on any atom is -0.478 e. The summed E-state index contributed by atoms with van der Waals surface area (Å²) in [7, 11) is -3.38. The van der Waals surface area contributed by atoms with E-state index in [2.05, 4.69) is 6.92 Å². The molecule has 4 nitrogen and oxygen atoms in total. The molecule has 0 aromatic carbocycles. The lowest BCUT2D eigenvalue weighted by Crippen LogP contribution is -2.09.